The first-order valence-electron chi connectivity index (χ1n) is 9.46. The van der Waals surface area contributed by atoms with E-state index in [0.29, 0.717) is 23.6 Å². The second-order valence-corrected chi connectivity index (χ2v) is 8.95. The van der Waals surface area contributed by atoms with Crippen LogP contribution in [0.15, 0.2) is 58.4 Å². The smallest absolute Gasteiger partial charge is 0.257 e. The monoisotopic (exact) mass is 447 g/mol. The summed E-state index contributed by atoms with van der Waals surface area (Å²) >= 11 is 6.09. The van der Waals surface area contributed by atoms with Crippen molar-refractivity contribution < 1.29 is 13.2 Å². The van der Waals surface area contributed by atoms with Crippen LogP contribution in [0.1, 0.15) is 29.8 Å². The van der Waals surface area contributed by atoms with Gasteiger partial charge in [-0.15, -0.1) is 0 Å². The Hall–Kier alpha value is -2.68. The van der Waals surface area contributed by atoms with Gasteiger partial charge < -0.3 is 10.3 Å². The van der Waals surface area contributed by atoms with Gasteiger partial charge in [0, 0.05) is 41.8 Å². The number of halogens is 1. The molecule has 0 bridgehead atoms. The number of benzene rings is 2. The van der Waals surface area contributed by atoms with Crippen LogP contribution < -0.4 is 10.7 Å². The van der Waals surface area contributed by atoms with Crippen molar-refractivity contribution in [1.29, 1.82) is 0 Å². The number of rotatable bonds is 7. The van der Waals surface area contributed by atoms with Crippen LogP contribution in [-0.4, -0.2) is 36.7 Å². The van der Waals surface area contributed by atoms with Crippen molar-refractivity contribution in [2.75, 3.05) is 13.1 Å². The van der Waals surface area contributed by atoms with Crippen LogP contribution in [0, 0.1) is 0 Å². The number of hydrogen-bond acceptors (Lipinski definition) is 4. The van der Waals surface area contributed by atoms with Crippen molar-refractivity contribution in [3.63, 3.8) is 0 Å². The van der Waals surface area contributed by atoms with Crippen molar-refractivity contribution in [2.24, 2.45) is 0 Å². The molecule has 7 nitrogen and oxygen atoms in total. The van der Waals surface area contributed by atoms with E-state index in [-0.39, 0.29) is 22.4 Å². The lowest BCUT2D eigenvalue weighted by molar-refractivity contribution is 0.0949. The van der Waals surface area contributed by atoms with Gasteiger partial charge in [0.05, 0.1) is 4.90 Å². The average molecular weight is 448 g/mol. The lowest BCUT2D eigenvalue weighted by Crippen LogP contribution is -2.31. The second kappa shape index (κ2) is 8.99. The predicted molar refractivity (Wildman–Crippen MR) is 117 cm³/mol. The van der Waals surface area contributed by atoms with E-state index in [1.807, 2.05) is 0 Å². The minimum Gasteiger partial charge on any atom is -0.360 e. The van der Waals surface area contributed by atoms with Gasteiger partial charge in [-0.3, -0.25) is 9.59 Å². The van der Waals surface area contributed by atoms with E-state index < -0.39 is 21.4 Å². The summed E-state index contributed by atoms with van der Waals surface area (Å²) in [6.07, 6.45) is 1.32. The number of hydrogen-bond donors (Lipinski definition) is 2. The van der Waals surface area contributed by atoms with Gasteiger partial charge in [-0.05, 0) is 29.8 Å². The Morgan fingerprint density at radius 1 is 1.13 bits per heavy atom. The van der Waals surface area contributed by atoms with E-state index in [4.69, 9.17) is 11.6 Å². The van der Waals surface area contributed by atoms with Crippen molar-refractivity contribution >= 4 is 38.4 Å². The molecule has 0 spiro atoms. The minimum absolute atomic E-state index is 0.0119. The summed E-state index contributed by atoms with van der Waals surface area (Å²) in [7, 11) is -3.73. The third-order valence-corrected chi connectivity index (χ3v) is 7.25. The molecule has 158 valence electrons. The molecule has 0 saturated carbocycles. The Labute approximate surface area is 179 Å². The first-order valence-corrected chi connectivity index (χ1v) is 11.3. The molecule has 3 rings (SSSR count). The molecular weight excluding hydrogens is 426 g/mol. The first-order chi connectivity index (χ1) is 14.3. The molecule has 30 heavy (non-hydrogen) atoms. The molecule has 2 aromatic carbocycles. The van der Waals surface area contributed by atoms with Gasteiger partial charge in [0.25, 0.3) is 5.91 Å². The van der Waals surface area contributed by atoms with Crippen LogP contribution in [0.2, 0.25) is 5.02 Å². The van der Waals surface area contributed by atoms with Gasteiger partial charge >= 0.3 is 0 Å². The quantitative estimate of drug-likeness (QED) is 0.581. The highest BCUT2D eigenvalue weighted by Crippen LogP contribution is 2.20. The van der Waals surface area contributed by atoms with Crippen LogP contribution in [0.3, 0.4) is 0 Å². The molecule has 1 amide bonds. The molecule has 2 N–H and O–H groups in total. The first kappa shape index (κ1) is 22.0. The number of amides is 1. The molecule has 0 aliphatic heterocycles. The number of aromatic amines is 1. The maximum Gasteiger partial charge on any atom is 0.257 e. The molecule has 0 aliphatic carbocycles. The summed E-state index contributed by atoms with van der Waals surface area (Å²) in [5.74, 6) is -0.574. The molecule has 9 heteroatoms. The molecule has 1 aromatic heterocycles. The fourth-order valence-electron chi connectivity index (χ4n) is 3.15. The normalized spacial score (nSPS) is 11.7. The number of aromatic nitrogens is 1. The lowest BCUT2D eigenvalue weighted by Gasteiger charge is -2.18. The maximum absolute atomic E-state index is 12.9. The number of pyridine rings is 1. The highest BCUT2D eigenvalue weighted by Gasteiger charge is 2.23. The number of nitrogens with one attached hydrogen (secondary N) is 2. The molecule has 0 atom stereocenters. The third-order valence-electron chi connectivity index (χ3n) is 4.84. The van der Waals surface area contributed by atoms with Crippen molar-refractivity contribution in [2.45, 2.75) is 25.3 Å². The standard InChI is InChI=1S/C21H22ClN3O4S/c1-3-25(4-2)30(28,29)15-9-10-19-16(11-15)20(26)17(13-23-19)21(27)24-12-14-7-5-6-8-18(14)22/h5-11,13H,3-4,12H2,1-2H3,(H,23,26)(H,24,27). The summed E-state index contributed by atoms with van der Waals surface area (Å²) in [4.78, 5) is 28.4. The highest BCUT2D eigenvalue weighted by atomic mass is 35.5. The van der Waals surface area contributed by atoms with Crippen molar-refractivity contribution in [1.82, 2.24) is 14.6 Å². The summed E-state index contributed by atoms with van der Waals surface area (Å²) in [6, 6.07) is 11.4. The van der Waals surface area contributed by atoms with E-state index in [0.717, 1.165) is 5.56 Å². The summed E-state index contributed by atoms with van der Waals surface area (Å²) in [6.45, 7) is 4.29. The Morgan fingerprint density at radius 2 is 1.83 bits per heavy atom. The summed E-state index contributed by atoms with van der Waals surface area (Å²) in [5.41, 5.74) is 0.516. The Bertz CT molecular complexity index is 1250. The van der Waals surface area contributed by atoms with Gasteiger partial charge in [0.1, 0.15) is 5.56 Å². The van der Waals surface area contributed by atoms with Crippen molar-refractivity contribution in [3.8, 4) is 0 Å². The topological polar surface area (TPSA) is 99.3 Å². The molecule has 0 radical (unpaired) electrons. The number of carbonyl (C=O) groups is 1. The fourth-order valence-corrected chi connectivity index (χ4v) is 4.84. The van der Waals surface area contributed by atoms with E-state index in [9.17, 15) is 18.0 Å². The number of nitrogens with zero attached hydrogens (tertiary/aromatic N) is 1. The Morgan fingerprint density at radius 3 is 2.50 bits per heavy atom. The Balaban J connectivity index is 1.96. The van der Waals surface area contributed by atoms with Crippen LogP contribution in [0.5, 0.6) is 0 Å². The fraction of sp³-hybridized carbons (Fsp3) is 0.238. The third kappa shape index (κ3) is 4.26. The van der Waals surface area contributed by atoms with Crippen LogP contribution in [-0.2, 0) is 16.6 Å². The van der Waals surface area contributed by atoms with Gasteiger partial charge in [0.15, 0.2) is 0 Å². The minimum atomic E-state index is -3.73. The van der Waals surface area contributed by atoms with E-state index in [1.165, 1.54) is 28.7 Å². The molecule has 1 heterocycles. The van der Waals surface area contributed by atoms with E-state index in [1.54, 1.807) is 38.1 Å². The number of carbonyl (C=O) groups excluding carboxylic acids is 1. The molecule has 0 unspecified atom stereocenters. The number of H-pyrrole nitrogens is 1. The Kier molecular flexibility index (Phi) is 6.60. The predicted octanol–water partition coefficient (Wildman–Crippen LogP) is 3.14. The molecule has 3 aromatic rings. The maximum atomic E-state index is 12.9. The molecule has 0 fully saturated rings. The zero-order valence-corrected chi connectivity index (χ0v) is 18.2. The number of sulfonamides is 1. The largest absolute Gasteiger partial charge is 0.360 e. The van der Waals surface area contributed by atoms with E-state index in [2.05, 4.69) is 10.3 Å². The van der Waals surface area contributed by atoms with Gasteiger partial charge in [0.2, 0.25) is 15.5 Å². The average Bonchev–Trinajstić information content (AvgIpc) is 2.73. The lowest BCUT2D eigenvalue weighted by atomic mass is 10.1. The van der Waals surface area contributed by atoms with Crippen LogP contribution in [0.25, 0.3) is 10.9 Å². The molecular formula is C21H22ClN3O4S. The number of fused-ring (bicyclic) bond motifs is 1. The zero-order valence-electron chi connectivity index (χ0n) is 16.6. The molecule has 0 saturated heterocycles. The van der Waals surface area contributed by atoms with E-state index >= 15 is 0 Å². The van der Waals surface area contributed by atoms with Gasteiger partial charge in [-0.1, -0.05) is 43.6 Å². The second-order valence-electron chi connectivity index (χ2n) is 6.60. The van der Waals surface area contributed by atoms with Gasteiger partial charge in [-0.25, -0.2) is 8.42 Å². The van der Waals surface area contributed by atoms with Crippen molar-refractivity contribution in [3.05, 3.63) is 75.0 Å². The summed E-state index contributed by atoms with van der Waals surface area (Å²) < 4.78 is 26.9. The van der Waals surface area contributed by atoms with Crippen LogP contribution >= 0.6 is 11.6 Å². The van der Waals surface area contributed by atoms with Crippen LogP contribution in [0.4, 0.5) is 0 Å². The summed E-state index contributed by atoms with van der Waals surface area (Å²) in [5, 5.41) is 3.32. The molecule has 0 aliphatic rings. The zero-order chi connectivity index (χ0) is 21.9. The SMILES string of the molecule is CCN(CC)S(=O)(=O)c1ccc2[nH]cc(C(=O)NCc3ccccc3Cl)c(=O)c2c1. The highest BCUT2D eigenvalue weighted by molar-refractivity contribution is 7.89. The van der Waals surface area contributed by atoms with Gasteiger partial charge in [-0.2, -0.15) is 4.31 Å².